The fourth-order valence-corrected chi connectivity index (χ4v) is 2.85. The van der Waals surface area contributed by atoms with Gasteiger partial charge in [-0.2, -0.15) is 13.2 Å². The predicted octanol–water partition coefficient (Wildman–Crippen LogP) is 3.11. The fourth-order valence-electron chi connectivity index (χ4n) is 2.85. The van der Waals surface area contributed by atoms with Crippen LogP contribution in [-0.4, -0.2) is 23.4 Å². The molecule has 0 bridgehead atoms. The number of hydrogen-bond donors (Lipinski definition) is 1. The zero-order valence-corrected chi connectivity index (χ0v) is 11.9. The molecule has 1 fully saturated rings. The molecule has 6 heteroatoms. The summed E-state index contributed by atoms with van der Waals surface area (Å²) in [5.74, 6) is 0.00958. The Labute approximate surface area is 121 Å². The third-order valence-electron chi connectivity index (χ3n) is 3.91. The maximum Gasteiger partial charge on any atom is 0.416 e. The largest absolute Gasteiger partial charge is 0.416 e. The Hall–Kier alpha value is -1.56. The number of amides is 1. The number of halogens is 3. The van der Waals surface area contributed by atoms with Crippen molar-refractivity contribution in [1.29, 1.82) is 0 Å². The summed E-state index contributed by atoms with van der Waals surface area (Å²) in [4.78, 5) is 13.8. The molecular weight excluding hydrogens is 281 g/mol. The van der Waals surface area contributed by atoms with Crippen molar-refractivity contribution in [2.45, 2.75) is 44.4 Å². The highest BCUT2D eigenvalue weighted by molar-refractivity contribution is 5.77. The lowest BCUT2D eigenvalue weighted by molar-refractivity contribution is -0.137. The van der Waals surface area contributed by atoms with Gasteiger partial charge in [0.1, 0.15) is 0 Å². The van der Waals surface area contributed by atoms with E-state index in [9.17, 15) is 18.0 Å². The first-order chi connectivity index (χ1) is 9.84. The molecule has 1 aliphatic heterocycles. The van der Waals surface area contributed by atoms with Gasteiger partial charge in [-0.3, -0.25) is 4.79 Å². The minimum Gasteiger partial charge on any atom is -0.334 e. The second-order valence-corrected chi connectivity index (χ2v) is 5.30. The second-order valence-electron chi connectivity index (χ2n) is 5.30. The Morgan fingerprint density at radius 1 is 1.29 bits per heavy atom. The topological polar surface area (TPSA) is 46.3 Å². The molecule has 0 radical (unpaired) electrons. The molecule has 2 rings (SSSR count). The van der Waals surface area contributed by atoms with E-state index >= 15 is 0 Å². The first-order valence-electron chi connectivity index (χ1n) is 7.06. The van der Waals surface area contributed by atoms with Gasteiger partial charge in [-0.25, -0.2) is 0 Å². The summed E-state index contributed by atoms with van der Waals surface area (Å²) < 4.78 is 37.9. The Bertz CT molecular complexity index is 499. The molecule has 2 unspecified atom stereocenters. The minimum atomic E-state index is -4.36. The number of likely N-dealkylation sites (tertiary alicyclic amines) is 1. The monoisotopic (exact) mass is 300 g/mol. The van der Waals surface area contributed by atoms with Crippen LogP contribution in [-0.2, 0) is 11.0 Å². The van der Waals surface area contributed by atoms with E-state index in [4.69, 9.17) is 5.73 Å². The van der Waals surface area contributed by atoms with Gasteiger partial charge >= 0.3 is 6.18 Å². The number of likely N-dealkylation sites (N-methyl/N-ethyl adjacent to an activating group) is 1. The van der Waals surface area contributed by atoms with Crippen LogP contribution in [0.15, 0.2) is 24.3 Å². The Kier molecular flexibility index (Phi) is 4.56. The zero-order chi connectivity index (χ0) is 15.6. The van der Waals surface area contributed by atoms with Crippen molar-refractivity contribution in [1.82, 2.24) is 4.90 Å². The van der Waals surface area contributed by atoms with Gasteiger partial charge in [0, 0.05) is 19.0 Å². The standard InChI is InChI=1S/C15H19F3N2O/c1-2-20-13(21)5-3-4-12(19)14(20)10-6-8-11(9-7-10)15(16,17)18/h6-9,12,14H,2-5,19H2,1H3. The van der Waals surface area contributed by atoms with E-state index in [0.717, 1.165) is 12.1 Å². The molecule has 0 spiro atoms. The number of carbonyl (C=O) groups excluding carboxylic acids is 1. The van der Waals surface area contributed by atoms with Crippen molar-refractivity contribution < 1.29 is 18.0 Å². The van der Waals surface area contributed by atoms with E-state index in [1.165, 1.54) is 12.1 Å². The number of rotatable bonds is 2. The fraction of sp³-hybridized carbons (Fsp3) is 0.533. The molecule has 1 aromatic rings. The molecule has 0 aromatic heterocycles. The molecule has 1 amide bonds. The van der Waals surface area contributed by atoms with E-state index in [1.54, 1.807) is 4.90 Å². The molecule has 1 aliphatic rings. The highest BCUT2D eigenvalue weighted by atomic mass is 19.4. The van der Waals surface area contributed by atoms with Crippen LogP contribution in [0.25, 0.3) is 0 Å². The van der Waals surface area contributed by atoms with Gasteiger partial charge in [-0.1, -0.05) is 12.1 Å². The van der Waals surface area contributed by atoms with E-state index in [0.29, 0.717) is 31.4 Å². The average Bonchev–Trinajstić information content (AvgIpc) is 2.56. The van der Waals surface area contributed by atoms with Crippen LogP contribution in [0.4, 0.5) is 13.2 Å². The van der Waals surface area contributed by atoms with Gasteiger partial charge in [-0.05, 0) is 37.5 Å². The SMILES string of the molecule is CCN1C(=O)CCCC(N)C1c1ccc(C(F)(F)F)cc1. The highest BCUT2D eigenvalue weighted by Gasteiger charge is 2.33. The van der Waals surface area contributed by atoms with Gasteiger partial charge in [0.2, 0.25) is 5.91 Å². The molecule has 21 heavy (non-hydrogen) atoms. The summed E-state index contributed by atoms with van der Waals surface area (Å²) in [6.45, 7) is 2.35. The maximum absolute atomic E-state index is 12.6. The predicted molar refractivity (Wildman–Crippen MR) is 73.4 cm³/mol. The van der Waals surface area contributed by atoms with Crippen molar-refractivity contribution in [2.75, 3.05) is 6.54 Å². The van der Waals surface area contributed by atoms with Gasteiger partial charge in [0.15, 0.2) is 0 Å². The van der Waals surface area contributed by atoms with Gasteiger partial charge < -0.3 is 10.6 Å². The van der Waals surface area contributed by atoms with E-state index in [-0.39, 0.29) is 18.0 Å². The number of carbonyl (C=O) groups is 1. The highest BCUT2D eigenvalue weighted by Crippen LogP contribution is 2.33. The zero-order valence-electron chi connectivity index (χ0n) is 11.9. The van der Waals surface area contributed by atoms with Crippen LogP contribution in [0.2, 0.25) is 0 Å². The molecule has 2 N–H and O–H groups in total. The summed E-state index contributed by atoms with van der Waals surface area (Å²) in [5, 5.41) is 0. The minimum absolute atomic E-state index is 0.00958. The van der Waals surface area contributed by atoms with Crippen molar-refractivity contribution in [2.24, 2.45) is 5.73 Å². The number of alkyl halides is 3. The normalized spacial score (nSPS) is 24.0. The van der Waals surface area contributed by atoms with E-state index in [1.807, 2.05) is 6.92 Å². The molecule has 0 saturated carbocycles. The van der Waals surface area contributed by atoms with E-state index in [2.05, 4.69) is 0 Å². The first-order valence-corrected chi connectivity index (χ1v) is 7.06. The number of hydrogen-bond acceptors (Lipinski definition) is 2. The molecule has 1 saturated heterocycles. The molecule has 116 valence electrons. The summed E-state index contributed by atoms with van der Waals surface area (Å²) in [7, 11) is 0. The van der Waals surface area contributed by atoms with Crippen molar-refractivity contribution in [3.8, 4) is 0 Å². The average molecular weight is 300 g/mol. The molecule has 3 nitrogen and oxygen atoms in total. The van der Waals surface area contributed by atoms with Gasteiger partial charge in [-0.15, -0.1) is 0 Å². The van der Waals surface area contributed by atoms with Gasteiger partial charge in [0.25, 0.3) is 0 Å². The first kappa shape index (κ1) is 15.8. The van der Waals surface area contributed by atoms with Crippen molar-refractivity contribution in [3.05, 3.63) is 35.4 Å². The van der Waals surface area contributed by atoms with Crippen LogP contribution >= 0.6 is 0 Å². The lowest BCUT2D eigenvalue weighted by atomic mass is 9.95. The number of benzene rings is 1. The molecule has 0 aliphatic carbocycles. The smallest absolute Gasteiger partial charge is 0.334 e. The third-order valence-corrected chi connectivity index (χ3v) is 3.91. The lowest BCUT2D eigenvalue weighted by Crippen LogP contribution is -2.42. The Morgan fingerprint density at radius 3 is 2.43 bits per heavy atom. The van der Waals surface area contributed by atoms with Crippen molar-refractivity contribution >= 4 is 5.91 Å². The molecule has 1 heterocycles. The Balaban J connectivity index is 2.34. The quantitative estimate of drug-likeness (QED) is 0.912. The van der Waals surface area contributed by atoms with Crippen LogP contribution in [0.1, 0.15) is 43.4 Å². The number of nitrogens with two attached hydrogens (primary N) is 1. The van der Waals surface area contributed by atoms with Crippen LogP contribution in [0.5, 0.6) is 0 Å². The summed E-state index contributed by atoms with van der Waals surface area (Å²) in [5.41, 5.74) is 6.11. The number of nitrogens with zero attached hydrogens (tertiary/aromatic N) is 1. The van der Waals surface area contributed by atoms with Gasteiger partial charge in [0.05, 0.1) is 11.6 Å². The van der Waals surface area contributed by atoms with E-state index < -0.39 is 11.7 Å². The van der Waals surface area contributed by atoms with Crippen LogP contribution in [0, 0.1) is 0 Å². The maximum atomic E-state index is 12.6. The second kappa shape index (κ2) is 6.05. The lowest BCUT2D eigenvalue weighted by Gasteiger charge is -2.33. The Morgan fingerprint density at radius 2 is 1.90 bits per heavy atom. The molecule has 1 aromatic carbocycles. The summed E-state index contributed by atoms with van der Waals surface area (Å²) in [6, 6.07) is 4.33. The molecular formula is C15H19F3N2O. The van der Waals surface area contributed by atoms with Crippen LogP contribution < -0.4 is 5.73 Å². The molecule has 2 atom stereocenters. The summed E-state index contributed by atoms with van der Waals surface area (Å²) >= 11 is 0. The third kappa shape index (κ3) is 3.37. The van der Waals surface area contributed by atoms with Crippen molar-refractivity contribution in [3.63, 3.8) is 0 Å². The van der Waals surface area contributed by atoms with Crippen LogP contribution in [0.3, 0.4) is 0 Å². The summed E-state index contributed by atoms with van der Waals surface area (Å²) in [6.07, 6.45) is -2.51.